The number of piperazine rings is 1. The van der Waals surface area contributed by atoms with Gasteiger partial charge in [0.15, 0.2) is 0 Å². The lowest BCUT2D eigenvalue weighted by Gasteiger charge is -2.38. The van der Waals surface area contributed by atoms with Gasteiger partial charge in [-0.1, -0.05) is 30.3 Å². The van der Waals surface area contributed by atoms with Crippen molar-refractivity contribution in [3.8, 4) is 5.75 Å². The molecule has 194 valence electrons. The third-order valence-electron chi connectivity index (χ3n) is 6.53. The molecule has 0 radical (unpaired) electrons. The van der Waals surface area contributed by atoms with Crippen molar-refractivity contribution in [2.75, 3.05) is 68.7 Å². The van der Waals surface area contributed by atoms with Crippen LogP contribution >= 0.6 is 0 Å². The van der Waals surface area contributed by atoms with Crippen LogP contribution in [0.15, 0.2) is 66.7 Å². The summed E-state index contributed by atoms with van der Waals surface area (Å²) in [7, 11) is 3.28. The van der Waals surface area contributed by atoms with Crippen molar-refractivity contribution in [3.63, 3.8) is 0 Å². The Kier molecular flexibility index (Phi) is 8.64. The number of aryl methyl sites for hydroxylation is 1. The predicted molar refractivity (Wildman–Crippen MR) is 147 cm³/mol. The molecule has 3 aromatic rings. The van der Waals surface area contributed by atoms with Crippen molar-refractivity contribution in [2.45, 2.75) is 6.92 Å². The zero-order valence-corrected chi connectivity index (χ0v) is 21.6. The Morgan fingerprint density at radius 1 is 0.811 bits per heavy atom. The first-order valence-corrected chi connectivity index (χ1v) is 12.4. The molecule has 0 aliphatic carbocycles. The van der Waals surface area contributed by atoms with Crippen LogP contribution in [0, 0.1) is 6.92 Å². The summed E-state index contributed by atoms with van der Waals surface area (Å²) in [5.74, 6) is 0.441. The van der Waals surface area contributed by atoms with Crippen LogP contribution in [0.25, 0.3) is 0 Å². The van der Waals surface area contributed by atoms with E-state index in [1.54, 1.807) is 26.4 Å². The van der Waals surface area contributed by atoms with Gasteiger partial charge in [0.05, 0.1) is 25.0 Å². The normalized spacial score (nSPS) is 13.3. The van der Waals surface area contributed by atoms with Crippen molar-refractivity contribution in [3.05, 3.63) is 83.4 Å². The van der Waals surface area contributed by atoms with Crippen molar-refractivity contribution in [1.82, 2.24) is 5.32 Å². The maximum atomic E-state index is 13.2. The zero-order valence-electron chi connectivity index (χ0n) is 21.6. The number of rotatable bonds is 9. The molecule has 1 heterocycles. The fourth-order valence-electron chi connectivity index (χ4n) is 4.54. The second kappa shape index (κ2) is 12.3. The number of hydrogen-bond acceptors (Lipinski definition) is 6. The minimum absolute atomic E-state index is 0.203. The molecule has 3 aromatic carbocycles. The van der Waals surface area contributed by atoms with Crippen molar-refractivity contribution in [1.29, 1.82) is 0 Å². The molecule has 4 rings (SSSR count). The molecule has 37 heavy (non-hydrogen) atoms. The van der Waals surface area contributed by atoms with Gasteiger partial charge in [0.1, 0.15) is 5.75 Å². The highest BCUT2D eigenvalue weighted by molar-refractivity contribution is 6.07. The van der Waals surface area contributed by atoms with Gasteiger partial charge in [0.25, 0.3) is 11.8 Å². The number of benzene rings is 3. The van der Waals surface area contributed by atoms with E-state index >= 15 is 0 Å². The van der Waals surface area contributed by atoms with E-state index in [1.807, 2.05) is 55.5 Å². The highest BCUT2D eigenvalue weighted by atomic mass is 16.5. The highest BCUT2D eigenvalue weighted by Crippen LogP contribution is 2.31. The van der Waals surface area contributed by atoms with E-state index in [2.05, 4.69) is 26.5 Å². The van der Waals surface area contributed by atoms with E-state index < -0.39 is 0 Å². The van der Waals surface area contributed by atoms with Gasteiger partial charge in [-0.05, 0) is 48.9 Å². The molecule has 0 spiro atoms. The quantitative estimate of drug-likeness (QED) is 0.431. The number of para-hydroxylation sites is 2. The number of anilines is 3. The number of carbonyl (C=O) groups excluding carboxylic acids is 2. The summed E-state index contributed by atoms with van der Waals surface area (Å²) in [5.41, 5.74) is 4.48. The molecule has 1 aliphatic heterocycles. The lowest BCUT2D eigenvalue weighted by atomic mass is 10.1. The van der Waals surface area contributed by atoms with E-state index in [9.17, 15) is 9.59 Å². The minimum atomic E-state index is -0.206. The largest absolute Gasteiger partial charge is 0.495 e. The van der Waals surface area contributed by atoms with Crippen LogP contribution in [0.5, 0.6) is 5.75 Å². The van der Waals surface area contributed by atoms with E-state index in [1.165, 1.54) is 0 Å². The van der Waals surface area contributed by atoms with Gasteiger partial charge in [0.2, 0.25) is 0 Å². The molecule has 1 fully saturated rings. The van der Waals surface area contributed by atoms with Crippen molar-refractivity contribution >= 4 is 28.9 Å². The first-order chi connectivity index (χ1) is 18.0. The molecule has 8 heteroatoms. The first-order valence-electron chi connectivity index (χ1n) is 12.4. The van der Waals surface area contributed by atoms with Gasteiger partial charge in [-0.15, -0.1) is 0 Å². The number of nitrogens with one attached hydrogen (secondary N) is 2. The number of hydrogen-bond donors (Lipinski definition) is 2. The summed E-state index contributed by atoms with van der Waals surface area (Å²) in [4.78, 5) is 30.6. The summed E-state index contributed by atoms with van der Waals surface area (Å²) in [6, 6.07) is 20.9. The first kappa shape index (κ1) is 26.0. The fourth-order valence-corrected chi connectivity index (χ4v) is 4.54. The van der Waals surface area contributed by atoms with E-state index in [0.29, 0.717) is 30.0 Å². The SMILES string of the molecule is COCCNC(=O)c1cc(NC(=O)c2ccccc2C)ccc1N1CCN(c2ccccc2OC)CC1. The Balaban J connectivity index is 1.54. The van der Waals surface area contributed by atoms with E-state index in [-0.39, 0.29) is 11.8 Å². The highest BCUT2D eigenvalue weighted by Gasteiger charge is 2.24. The third kappa shape index (κ3) is 6.21. The van der Waals surface area contributed by atoms with Crippen molar-refractivity contribution in [2.24, 2.45) is 0 Å². The number of amides is 2. The lowest BCUT2D eigenvalue weighted by molar-refractivity contribution is 0.0936. The summed E-state index contributed by atoms with van der Waals surface area (Å²) in [6.07, 6.45) is 0. The molecule has 0 atom stereocenters. The number of ether oxygens (including phenoxy) is 2. The molecule has 0 aromatic heterocycles. The Bertz CT molecular complexity index is 1240. The average molecular weight is 503 g/mol. The third-order valence-corrected chi connectivity index (χ3v) is 6.53. The number of methoxy groups -OCH3 is 2. The minimum Gasteiger partial charge on any atom is -0.495 e. The maximum absolute atomic E-state index is 13.2. The standard InChI is InChI=1S/C29H34N4O4/c1-21-8-4-5-9-23(21)29(35)31-22-12-13-25(24(20-22)28(34)30-14-19-36-2)32-15-17-33(18-16-32)26-10-6-7-11-27(26)37-3/h4-13,20H,14-19H2,1-3H3,(H,30,34)(H,31,35). The molecular weight excluding hydrogens is 468 g/mol. The molecule has 8 nitrogen and oxygen atoms in total. The Morgan fingerprint density at radius 3 is 2.19 bits per heavy atom. The second-order valence-electron chi connectivity index (χ2n) is 8.90. The molecular formula is C29H34N4O4. The predicted octanol–water partition coefficient (Wildman–Crippen LogP) is 3.96. The summed E-state index contributed by atoms with van der Waals surface area (Å²) < 4.78 is 10.6. The van der Waals surface area contributed by atoms with Gasteiger partial charge in [0, 0.05) is 56.8 Å². The molecule has 2 amide bonds. The Morgan fingerprint density at radius 2 is 1.49 bits per heavy atom. The Hall–Kier alpha value is -4.04. The van der Waals surface area contributed by atoms with Crippen LogP contribution < -0.4 is 25.2 Å². The van der Waals surface area contributed by atoms with E-state index in [4.69, 9.17) is 9.47 Å². The van der Waals surface area contributed by atoms with Crippen LogP contribution in [0.2, 0.25) is 0 Å². The van der Waals surface area contributed by atoms with Crippen molar-refractivity contribution < 1.29 is 19.1 Å². The van der Waals surface area contributed by atoms with Crippen LogP contribution in [0.4, 0.5) is 17.1 Å². The topological polar surface area (TPSA) is 83.1 Å². The second-order valence-corrected chi connectivity index (χ2v) is 8.90. The number of carbonyl (C=O) groups is 2. The van der Waals surface area contributed by atoms with Gasteiger partial charge in [-0.2, -0.15) is 0 Å². The number of nitrogens with zero attached hydrogens (tertiary/aromatic N) is 2. The summed E-state index contributed by atoms with van der Waals surface area (Å²) in [5, 5.41) is 5.87. The summed E-state index contributed by atoms with van der Waals surface area (Å²) >= 11 is 0. The fraction of sp³-hybridized carbons (Fsp3) is 0.310. The average Bonchev–Trinajstić information content (AvgIpc) is 2.93. The molecule has 0 unspecified atom stereocenters. The van der Waals surface area contributed by atoms with E-state index in [0.717, 1.165) is 48.9 Å². The molecule has 0 saturated carbocycles. The van der Waals surface area contributed by atoms with Gasteiger partial charge >= 0.3 is 0 Å². The van der Waals surface area contributed by atoms with Crippen LogP contribution in [0.1, 0.15) is 26.3 Å². The summed E-state index contributed by atoms with van der Waals surface area (Å²) in [6.45, 7) is 5.78. The maximum Gasteiger partial charge on any atom is 0.255 e. The lowest BCUT2D eigenvalue weighted by Crippen LogP contribution is -2.47. The van der Waals surface area contributed by atoms with Crippen LogP contribution in [-0.2, 0) is 4.74 Å². The monoisotopic (exact) mass is 502 g/mol. The van der Waals surface area contributed by atoms with Gasteiger partial charge in [-0.3, -0.25) is 9.59 Å². The molecule has 1 aliphatic rings. The van der Waals surface area contributed by atoms with Crippen LogP contribution in [0.3, 0.4) is 0 Å². The smallest absolute Gasteiger partial charge is 0.255 e. The molecule has 2 N–H and O–H groups in total. The van der Waals surface area contributed by atoms with Crippen LogP contribution in [-0.4, -0.2) is 65.4 Å². The van der Waals surface area contributed by atoms with Gasteiger partial charge < -0.3 is 29.9 Å². The molecule has 1 saturated heterocycles. The Labute approximate surface area is 218 Å². The zero-order chi connectivity index (χ0) is 26.2. The molecule has 0 bridgehead atoms. The van der Waals surface area contributed by atoms with Gasteiger partial charge in [-0.25, -0.2) is 0 Å².